The van der Waals surface area contributed by atoms with E-state index in [2.05, 4.69) is 36.4 Å². The number of benzene rings is 4. The van der Waals surface area contributed by atoms with Crippen molar-refractivity contribution in [3.8, 4) is 33.4 Å². The van der Waals surface area contributed by atoms with Gasteiger partial charge in [-0.05, 0) is 0 Å². The van der Waals surface area contributed by atoms with Gasteiger partial charge in [0.15, 0.2) is 0 Å². The summed E-state index contributed by atoms with van der Waals surface area (Å²) >= 11 is 0. The van der Waals surface area contributed by atoms with Crippen molar-refractivity contribution in [1.82, 2.24) is 0 Å². The molecule has 0 atom stereocenters. The van der Waals surface area contributed by atoms with Gasteiger partial charge in [0.25, 0.3) is 0 Å². The molecule has 0 aliphatic heterocycles. The molecule has 0 unspecified atom stereocenters. The van der Waals surface area contributed by atoms with E-state index in [-0.39, 0.29) is 98.1 Å². The molecule has 3 radical (unpaired) electrons. The summed E-state index contributed by atoms with van der Waals surface area (Å²) in [6, 6.07) is 43.2. The SMILES string of the molecule is [Y].[Y].[Y].[c-]1ccccc1-c1[c-]cc[c-]c1-c1[c-]cc[c-]c1-c1[c-]cccc1. The van der Waals surface area contributed by atoms with E-state index in [9.17, 15) is 0 Å². The van der Waals surface area contributed by atoms with Crippen molar-refractivity contribution in [3.63, 3.8) is 0 Å². The van der Waals surface area contributed by atoms with Crippen LogP contribution in [0.15, 0.2) is 72.8 Å². The van der Waals surface area contributed by atoms with Gasteiger partial charge in [0, 0.05) is 98.1 Å². The van der Waals surface area contributed by atoms with Gasteiger partial charge >= 0.3 is 0 Å². The molecule has 27 heavy (non-hydrogen) atoms. The van der Waals surface area contributed by atoms with Crippen LogP contribution in [0, 0.1) is 36.4 Å². The molecule has 123 valence electrons. The summed E-state index contributed by atoms with van der Waals surface area (Å²) in [5.41, 5.74) is 5.81. The summed E-state index contributed by atoms with van der Waals surface area (Å²) in [6.07, 6.45) is 0. The second-order valence-corrected chi connectivity index (χ2v) is 5.30. The maximum atomic E-state index is 3.35. The maximum absolute atomic E-state index is 3.35. The molecule has 3 heteroatoms. The molecule has 0 bridgehead atoms. The minimum atomic E-state index is 0. The molecule has 0 nitrogen and oxygen atoms in total. The quantitative estimate of drug-likeness (QED) is 0.288. The first-order chi connectivity index (χ1) is 11.9. The molecule has 4 aromatic carbocycles. The van der Waals surface area contributed by atoms with Gasteiger partial charge in [-0.3, -0.25) is 0 Å². The first-order valence-electron chi connectivity index (χ1n) is 7.73. The van der Waals surface area contributed by atoms with Crippen molar-refractivity contribution in [3.05, 3.63) is 109 Å². The second-order valence-electron chi connectivity index (χ2n) is 5.30. The second kappa shape index (κ2) is 12.7. The molecule has 0 fully saturated rings. The van der Waals surface area contributed by atoms with Gasteiger partial charge in [0.1, 0.15) is 0 Å². The Hall–Kier alpha value is 0.192. The Bertz CT molecular complexity index is 870. The van der Waals surface area contributed by atoms with Crippen molar-refractivity contribution in [1.29, 1.82) is 0 Å². The zero-order valence-electron chi connectivity index (χ0n) is 14.7. The van der Waals surface area contributed by atoms with Gasteiger partial charge in [-0.1, -0.05) is 0 Å². The van der Waals surface area contributed by atoms with E-state index in [0.29, 0.717) is 0 Å². The third kappa shape index (κ3) is 6.08. The van der Waals surface area contributed by atoms with Crippen LogP contribution in [0.5, 0.6) is 0 Å². The number of rotatable bonds is 3. The summed E-state index contributed by atoms with van der Waals surface area (Å²) in [6.45, 7) is 0. The molecular weight excluding hydrogens is 555 g/mol. The predicted octanol–water partition coefficient (Wildman–Crippen LogP) is 5.48. The van der Waals surface area contributed by atoms with Crippen LogP contribution in [0.25, 0.3) is 33.4 Å². The third-order valence-corrected chi connectivity index (χ3v) is 3.78. The smallest absolute Gasteiger partial charge is 0 e. The van der Waals surface area contributed by atoms with Crippen LogP contribution in [-0.4, -0.2) is 0 Å². The average Bonchev–Trinajstić information content (AvgIpc) is 2.69. The molecule has 0 aliphatic carbocycles. The predicted molar refractivity (Wildman–Crippen MR) is 95.8 cm³/mol. The maximum Gasteiger partial charge on any atom is 0 e. The normalized spacial score (nSPS) is 9.33. The number of hydrogen-bond acceptors (Lipinski definition) is 0. The fraction of sp³-hybridized carbons (Fsp3) is 0. The molecule has 0 aliphatic rings. The number of hydrogen-bond donors (Lipinski definition) is 0. The van der Waals surface area contributed by atoms with E-state index in [0.717, 1.165) is 33.4 Å². The summed E-state index contributed by atoms with van der Waals surface area (Å²) < 4.78 is 0. The molecule has 0 amide bonds. The molecule has 4 aromatic rings. The summed E-state index contributed by atoms with van der Waals surface area (Å²) in [5.74, 6) is 0. The Morgan fingerprint density at radius 1 is 0.370 bits per heavy atom. The largest absolute Gasteiger partial charge is 0.250 e. The molecule has 0 N–H and O–H groups in total. The standard InChI is InChI=1S/C24H12.3Y/c1-3-11-19(12-4-1)21-15-7-9-17-23(21)24-18-10-8-16-22(24)20-13-5-2-6-14-20;;;/h1-11,13H;;;/q-6;;;. The Labute approximate surface area is 237 Å². The topological polar surface area (TPSA) is 0 Å². The third-order valence-electron chi connectivity index (χ3n) is 3.78. The Morgan fingerprint density at radius 3 is 1.07 bits per heavy atom. The van der Waals surface area contributed by atoms with Crippen LogP contribution in [0.4, 0.5) is 0 Å². The van der Waals surface area contributed by atoms with E-state index in [1.165, 1.54) is 0 Å². The van der Waals surface area contributed by atoms with Crippen molar-refractivity contribution >= 4 is 0 Å². The van der Waals surface area contributed by atoms with Crippen molar-refractivity contribution in [2.75, 3.05) is 0 Å². The van der Waals surface area contributed by atoms with E-state index in [1.807, 2.05) is 72.8 Å². The average molecular weight is 567 g/mol. The van der Waals surface area contributed by atoms with Crippen LogP contribution in [0.3, 0.4) is 0 Å². The molecule has 0 saturated carbocycles. The van der Waals surface area contributed by atoms with Gasteiger partial charge in [-0.2, -0.15) is 48.5 Å². The summed E-state index contributed by atoms with van der Waals surface area (Å²) in [5, 5.41) is 0. The van der Waals surface area contributed by atoms with Crippen LogP contribution in [-0.2, 0) is 98.1 Å². The van der Waals surface area contributed by atoms with Crippen LogP contribution < -0.4 is 0 Å². The summed E-state index contributed by atoms with van der Waals surface area (Å²) in [4.78, 5) is 0. The van der Waals surface area contributed by atoms with Gasteiger partial charge < -0.3 is 0 Å². The molecule has 0 aromatic heterocycles. The fourth-order valence-corrected chi connectivity index (χ4v) is 2.71. The van der Waals surface area contributed by atoms with Gasteiger partial charge in [-0.25, -0.2) is 81.9 Å². The van der Waals surface area contributed by atoms with Gasteiger partial charge in [0.05, 0.1) is 0 Å². The molecule has 0 heterocycles. The Balaban J connectivity index is 0.00000121. The minimum Gasteiger partial charge on any atom is -0.250 e. The molecular formula is C24H12Y3-6. The zero-order chi connectivity index (χ0) is 16.2. The molecule has 4 rings (SSSR count). The van der Waals surface area contributed by atoms with Gasteiger partial charge in [0.2, 0.25) is 0 Å². The van der Waals surface area contributed by atoms with Crippen LogP contribution in [0.2, 0.25) is 0 Å². The van der Waals surface area contributed by atoms with E-state index in [4.69, 9.17) is 0 Å². The van der Waals surface area contributed by atoms with Crippen LogP contribution in [0.1, 0.15) is 0 Å². The fourth-order valence-electron chi connectivity index (χ4n) is 2.71. The van der Waals surface area contributed by atoms with Crippen molar-refractivity contribution < 1.29 is 98.1 Å². The Kier molecular flexibility index (Phi) is 11.9. The first-order valence-corrected chi connectivity index (χ1v) is 7.73. The van der Waals surface area contributed by atoms with E-state index >= 15 is 0 Å². The van der Waals surface area contributed by atoms with Gasteiger partial charge in [-0.15, -0.1) is 12.1 Å². The van der Waals surface area contributed by atoms with E-state index < -0.39 is 0 Å². The minimum absolute atomic E-state index is 0. The monoisotopic (exact) mass is 567 g/mol. The molecule has 0 saturated heterocycles. The Morgan fingerprint density at radius 2 is 0.741 bits per heavy atom. The first kappa shape index (κ1) is 25.2. The van der Waals surface area contributed by atoms with Crippen molar-refractivity contribution in [2.24, 2.45) is 0 Å². The summed E-state index contributed by atoms with van der Waals surface area (Å²) in [7, 11) is 0. The zero-order valence-corrected chi connectivity index (χ0v) is 23.2. The molecule has 0 spiro atoms. The van der Waals surface area contributed by atoms with Crippen LogP contribution >= 0.6 is 0 Å². The van der Waals surface area contributed by atoms with Crippen molar-refractivity contribution in [2.45, 2.75) is 0 Å². The van der Waals surface area contributed by atoms with E-state index in [1.54, 1.807) is 0 Å².